The van der Waals surface area contributed by atoms with Crippen LogP contribution in [-0.2, 0) is 6.42 Å². The van der Waals surface area contributed by atoms with Gasteiger partial charge in [0, 0.05) is 9.17 Å². The van der Waals surface area contributed by atoms with Crippen LogP contribution in [0, 0.1) is 0 Å². The van der Waals surface area contributed by atoms with Crippen molar-refractivity contribution in [3.8, 4) is 0 Å². The standard InChI is InChI=1S/C11H11BrS2/c1-3-7-4-5-9(12)11-8(7)6-10(13-2)14-11/h4-6H,3H2,1-2H3. The maximum absolute atomic E-state index is 3.60. The Balaban J connectivity index is 2.74. The number of halogens is 1. The van der Waals surface area contributed by atoms with E-state index in [0.29, 0.717) is 0 Å². The van der Waals surface area contributed by atoms with Gasteiger partial charge in [-0.3, -0.25) is 0 Å². The molecule has 0 saturated carbocycles. The minimum absolute atomic E-state index is 1.11. The Morgan fingerprint density at radius 1 is 1.43 bits per heavy atom. The number of hydrogen-bond donors (Lipinski definition) is 0. The first-order valence-electron chi connectivity index (χ1n) is 4.51. The van der Waals surface area contributed by atoms with Gasteiger partial charge < -0.3 is 0 Å². The molecule has 0 N–H and O–H groups in total. The molecule has 0 radical (unpaired) electrons. The molecule has 0 fully saturated rings. The predicted molar refractivity (Wildman–Crippen MR) is 70.7 cm³/mol. The number of fused-ring (bicyclic) bond motifs is 1. The zero-order valence-electron chi connectivity index (χ0n) is 8.13. The number of hydrogen-bond acceptors (Lipinski definition) is 2. The van der Waals surface area contributed by atoms with E-state index in [1.807, 2.05) is 23.1 Å². The molecule has 0 aliphatic heterocycles. The van der Waals surface area contributed by atoms with Crippen molar-refractivity contribution in [3.63, 3.8) is 0 Å². The third-order valence-corrected chi connectivity index (χ3v) is 5.44. The summed E-state index contributed by atoms with van der Waals surface area (Å²) in [5.41, 5.74) is 1.44. The third-order valence-electron chi connectivity index (χ3n) is 2.29. The van der Waals surface area contributed by atoms with E-state index < -0.39 is 0 Å². The van der Waals surface area contributed by atoms with Crippen molar-refractivity contribution in [2.75, 3.05) is 6.26 Å². The Morgan fingerprint density at radius 3 is 2.86 bits per heavy atom. The molecule has 3 heteroatoms. The Kier molecular flexibility index (Phi) is 3.20. The van der Waals surface area contributed by atoms with Gasteiger partial charge in [-0.1, -0.05) is 13.0 Å². The fourth-order valence-corrected chi connectivity index (χ4v) is 3.78. The highest BCUT2D eigenvalue weighted by Gasteiger charge is 2.07. The lowest BCUT2D eigenvalue weighted by molar-refractivity contribution is 1.16. The molecule has 0 unspecified atom stereocenters. The first kappa shape index (κ1) is 10.5. The van der Waals surface area contributed by atoms with Gasteiger partial charge in [0.25, 0.3) is 0 Å². The summed E-state index contributed by atoms with van der Waals surface area (Å²) >= 11 is 7.29. The van der Waals surface area contributed by atoms with Crippen LogP contribution in [0.5, 0.6) is 0 Å². The number of benzene rings is 1. The summed E-state index contributed by atoms with van der Waals surface area (Å²) in [7, 11) is 0. The van der Waals surface area contributed by atoms with Crippen LogP contribution in [0.2, 0.25) is 0 Å². The summed E-state index contributed by atoms with van der Waals surface area (Å²) in [6, 6.07) is 6.67. The highest BCUT2D eigenvalue weighted by molar-refractivity contribution is 9.10. The van der Waals surface area contributed by atoms with Gasteiger partial charge >= 0.3 is 0 Å². The molecule has 0 nitrogen and oxygen atoms in total. The summed E-state index contributed by atoms with van der Waals surface area (Å²) in [6.07, 6.45) is 3.23. The quantitative estimate of drug-likeness (QED) is 0.704. The van der Waals surface area contributed by atoms with E-state index in [0.717, 1.165) is 6.42 Å². The van der Waals surface area contributed by atoms with Crippen LogP contribution in [0.1, 0.15) is 12.5 Å². The molecular weight excluding hydrogens is 276 g/mol. The van der Waals surface area contributed by atoms with Crippen molar-refractivity contribution >= 4 is 49.1 Å². The van der Waals surface area contributed by atoms with Crippen LogP contribution in [0.25, 0.3) is 10.1 Å². The smallest absolute Gasteiger partial charge is 0.0608 e. The van der Waals surface area contributed by atoms with Crippen molar-refractivity contribution in [2.24, 2.45) is 0 Å². The van der Waals surface area contributed by atoms with Crippen LogP contribution < -0.4 is 0 Å². The second-order valence-electron chi connectivity index (χ2n) is 3.07. The number of rotatable bonds is 2. The molecule has 2 aromatic rings. The van der Waals surface area contributed by atoms with Crippen LogP contribution >= 0.6 is 39.0 Å². The maximum atomic E-state index is 3.60. The maximum Gasteiger partial charge on any atom is 0.0608 e. The van der Waals surface area contributed by atoms with Gasteiger partial charge in [-0.2, -0.15) is 0 Å². The van der Waals surface area contributed by atoms with Crippen LogP contribution in [0.4, 0.5) is 0 Å². The van der Waals surface area contributed by atoms with E-state index in [9.17, 15) is 0 Å². The number of thiophene rings is 1. The number of aryl methyl sites for hydroxylation is 1. The average molecular weight is 287 g/mol. The molecule has 74 valence electrons. The van der Waals surface area contributed by atoms with Gasteiger partial charge in [-0.15, -0.1) is 23.1 Å². The van der Waals surface area contributed by atoms with Crippen molar-refractivity contribution in [2.45, 2.75) is 17.6 Å². The summed E-state index contributed by atoms with van der Waals surface area (Å²) in [4.78, 5) is 0. The zero-order valence-corrected chi connectivity index (χ0v) is 11.4. The molecule has 0 atom stereocenters. The normalized spacial score (nSPS) is 11.1. The molecule has 14 heavy (non-hydrogen) atoms. The molecule has 0 spiro atoms. The molecule has 0 bridgehead atoms. The van der Waals surface area contributed by atoms with Crippen LogP contribution in [0.15, 0.2) is 26.9 Å². The summed E-state index contributed by atoms with van der Waals surface area (Å²) in [5.74, 6) is 0. The minimum Gasteiger partial charge on any atom is -0.128 e. The predicted octanol–water partition coefficient (Wildman–Crippen LogP) is 4.95. The minimum atomic E-state index is 1.11. The first-order chi connectivity index (χ1) is 6.76. The van der Waals surface area contributed by atoms with E-state index in [1.165, 1.54) is 24.3 Å². The average Bonchev–Trinajstić information content (AvgIpc) is 2.63. The van der Waals surface area contributed by atoms with Gasteiger partial charge in [0.15, 0.2) is 0 Å². The fourth-order valence-electron chi connectivity index (χ4n) is 1.53. The third kappa shape index (κ3) is 1.73. The molecular formula is C11H11BrS2. The summed E-state index contributed by atoms with van der Waals surface area (Å²) in [6.45, 7) is 2.21. The molecule has 1 aromatic heterocycles. The molecule has 1 heterocycles. The highest BCUT2D eigenvalue weighted by atomic mass is 79.9. The monoisotopic (exact) mass is 286 g/mol. The van der Waals surface area contributed by atoms with Crippen molar-refractivity contribution in [3.05, 3.63) is 28.2 Å². The van der Waals surface area contributed by atoms with Crippen molar-refractivity contribution in [1.82, 2.24) is 0 Å². The van der Waals surface area contributed by atoms with Crippen molar-refractivity contribution < 1.29 is 0 Å². The van der Waals surface area contributed by atoms with Gasteiger partial charge in [0.05, 0.1) is 4.21 Å². The molecule has 2 rings (SSSR count). The van der Waals surface area contributed by atoms with Gasteiger partial charge in [0.2, 0.25) is 0 Å². The Morgan fingerprint density at radius 2 is 2.21 bits per heavy atom. The Labute approximate surface area is 101 Å². The Hall–Kier alpha value is 0.01000. The largest absolute Gasteiger partial charge is 0.128 e. The summed E-state index contributed by atoms with van der Waals surface area (Å²) < 4.78 is 3.99. The first-order valence-corrected chi connectivity index (χ1v) is 7.34. The van der Waals surface area contributed by atoms with E-state index in [1.54, 1.807) is 0 Å². The van der Waals surface area contributed by atoms with Crippen LogP contribution in [-0.4, -0.2) is 6.26 Å². The Bertz CT molecular complexity index is 460. The molecule has 0 saturated heterocycles. The SMILES string of the molecule is CCc1ccc(Br)c2sc(SC)cc12. The fraction of sp³-hybridized carbons (Fsp3) is 0.273. The number of thioether (sulfide) groups is 1. The van der Waals surface area contributed by atoms with E-state index in [2.05, 4.69) is 47.3 Å². The topological polar surface area (TPSA) is 0 Å². The second-order valence-corrected chi connectivity index (χ2v) is 6.09. The van der Waals surface area contributed by atoms with E-state index in [-0.39, 0.29) is 0 Å². The second kappa shape index (κ2) is 4.25. The summed E-state index contributed by atoms with van der Waals surface area (Å²) in [5, 5.41) is 1.41. The molecule has 1 aromatic carbocycles. The van der Waals surface area contributed by atoms with Crippen LogP contribution in [0.3, 0.4) is 0 Å². The van der Waals surface area contributed by atoms with Gasteiger partial charge in [0.1, 0.15) is 0 Å². The van der Waals surface area contributed by atoms with Crippen molar-refractivity contribution in [1.29, 1.82) is 0 Å². The van der Waals surface area contributed by atoms with E-state index in [4.69, 9.17) is 0 Å². The molecule has 0 amide bonds. The van der Waals surface area contributed by atoms with Gasteiger partial charge in [-0.25, -0.2) is 0 Å². The van der Waals surface area contributed by atoms with E-state index >= 15 is 0 Å². The lowest BCUT2D eigenvalue weighted by Crippen LogP contribution is -1.79. The molecule has 0 aliphatic rings. The lowest BCUT2D eigenvalue weighted by Gasteiger charge is -1.99. The highest BCUT2D eigenvalue weighted by Crippen LogP contribution is 2.38. The zero-order chi connectivity index (χ0) is 10.1. The molecule has 0 aliphatic carbocycles. The lowest BCUT2D eigenvalue weighted by atomic mass is 10.1. The van der Waals surface area contributed by atoms with Gasteiger partial charge in [-0.05, 0) is 51.7 Å².